The average Bonchev–Trinajstić information content (AvgIpc) is 2.82. The smallest absolute Gasteiger partial charge is 0.320 e. The number of carbonyl (C=O) groups is 2. The Balaban J connectivity index is 1.58. The van der Waals surface area contributed by atoms with E-state index in [0.717, 1.165) is 23.3 Å². The number of anilines is 2. The molecule has 0 atom stereocenters. The summed E-state index contributed by atoms with van der Waals surface area (Å²) in [5, 5.41) is 2.67. The first-order chi connectivity index (χ1) is 16.6. The molecule has 4 rings (SSSR count). The normalized spacial score (nSPS) is 14.3. The minimum atomic E-state index is -4.57. The highest BCUT2D eigenvalue weighted by Crippen LogP contribution is 2.32. The average molecular weight is 485 g/mol. The van der Waals surface area contributed by atoms with Crippen LogP contribution in [0.3, 0.4) is 0 Å². The molecule has 3 aromatic carbocycles. The SMILES string of the molecule is Cc1ccc(N2CCCN(Cc3ccc(F)cc3)C2=O)c(NC(=O)c2cccc(C(F)(F)F)c2)c1. The maximum absolute atomic E-state index is 13.3. The third kappa shape index (κ3) is 5.62. The van der Waals surface area contributed by atoms with Crippen LogP contribution in [-0.2, 0) is 12.7 Å². The van der Waals surface area contributed by atoms with Crippen molar-refractivity contribution < 1.29 is 27.2 Å². The summed E-state index contributed by atoms with van der Waals surface area (Å²) in [4.78, 5) is 29.3. The van der Waals surface area contributed by atoms with Crippen molar-refractivity contribution in [2.45, 2.75) is 26.1 Å². The fourth-order valence-corrected chi connectivity index (χ4v) is 3.98. The van der Waals surface area contributed by atoms with Crippen LogP contribution in [0.15, 0.2) is 66.7 Å². The maximum atomic E-state index is 13.3. The second kappa shape index (κ2) is 9.77. The van der Waals surface area contributed by atoms with Gasteiger partial charge in [-0.1, -0.05) is 24.3 Å². The van der Waals surface area contributed by atoms with Gasteiger partial charge in [-0.25, -0.2) is 9.18 Å². The van der Waals surface area contributed by atoms with Gasteiger partial charge in [0.25, 0.3) is 5.91 Å². The van der Waals surface area contributed by atoms with E-state index in [9.17, 15) is 27.2 Å². The molecule has 1 fully saturated rings. The Hall–Kier alpha value is -3.88. The molecule has 0 unspecified atom stereocenters. The van der Waals surface area contributed by atoms with E-state index >= 15 is 0 Å². The number of hydrogen-bond acceptors (Lipinski definition) is 2. The lowest BCUT2D eigenvalue weighted by molar-refractivity contribution is -0.137. The first-order valence-corrected chi connectivity index (χ1v) is 11.0. The van der Waals surface area contributed by atoms with Crippen LogP contribution in [-0.4, -0.2) is 29.9 Å². The zero-order chi connectivity index (χ0) is 25.2. The van der Waals surface area contributed by atoms with E-state index in [4.69, 9.17) is 0 Å². The molecule has 1 N–H and O–H groups in total. The monoisotopic (exact) mass is 485 g/mol. The fourth-order valence-electron chi connectivity index (χ4n) is 3.98. The topological polar surface area (TPSA) is 52.6 Å². The van der Waals surface area contributed by atoms with Gasteiger partial charge in [0.05, 0.1) is 16.9 Å². The van der Waals surface area contributed by atoms with Crippen LogP contribution in [0.1, 0.15) is 33.5 Å². The highest BCUT2D eigenvalue weighted by atomic mass is 19.4. The molecule has 0 spiro atoms. The maximum Gasteiger partial charge on any atom is 0.416 e. The van der Waals surface area contributed by atoms with E-state index in [1.54, 1.807) is 35.2 Å². The van der Waals surface area contributed by atoms with Gasteiger partial charge in [0, 0.05) is 25.2 Å². The van der Waals surface area contributed by atoms with Gasteiger partial charge in [0.2, 0.25) is 0 Å². The van der Waals surface area contributed by atoms with Gasteiger partial charge in [-0.15, -0.1) is 0 Å². The lowest BCUT2D eigenvalue weighted by atomic mass is 10.1. The van der Waals surface area contributed by atoms with Gasteiger partial charge < -0.3 is 10.2 Å². The second-order valence-electron chi connectivity index (χ2n) is 8.39. The first-order valence-electron chi connectivity index (χ1n) is 11.0. The second-order valence-corrected chi connectivity index (χ2v) is 8.39. The number of amides is 3. The number of nitrogens with zero attached hydrogens (tertiary/aromatic N) is 2. The molecule has 0 radical (unpaired) electrons. The van der Waals surface area contributed by atoms with Crippen LogP contribution in [0, 0.1) is 12.7 Å². The highest BCUT2D eigenvalue weighted by molar-refractivity contribution is 6.07. The van der Waals surface area contributed by atoms with Crippen LogP contribution < -0.4 is 10.2 Å². The summed E-state index contributed by atoms with van der Waals surface area (Å²) in [7, 11) is 0. The molecule has 9 heteroatoms. The summed E-state index contributed by atoms with van der Waals surface area (Å²) in [5.41, 5.74) is 1.30. The number of aryl methyl sites for hydroxylation is 1. The van der Waals surface area contributed by atoms with Crippen LogP contribution in [0.5, 0.6) is 0 Å². The fraction of sp³-hybridized carbons (Fsp3) is 0.231. The molecule has 3 aromatic rings. The number of halogens is 4. The summed E-state index contributed by atoms with van der Waals surface area (Å²) < 4.78 is 52.5. The Bertz CT molecular complexity index is 1240. The lowest BCUT2D eigenvalue weighted by Crippen LogP contribution is -2.49. The Morgan fingerprint density at radius 3 is 2.46 bits per heavy atom. The van der Waals surface area contributed by atoms with Crippen LogP contribution in [0.2, 0.25) is 0 Å². The quantitative estimate of drug-likeness (QED) is 0.435. The number of alkyl halides is 3. The number of hydrogen-bond donors (Lipinski definition) is 1. The van der Waals surface area contributed by atoms with Gasteiger partial charge in [-0.2, -0.15) is 13.2 Å². The van der Waals surface area contributed by atoms with Crippen molar-refractivity contribution in [3.63, 3.8) is 0 Å². The number of carbonyl (C=O) groups excluding carboxylic acids is 2. The zero-order valence-electron chi connectivity index (χ0n) is 18.9. The van der Waals surface area contributed by atoms with Crippen LogP contribution >= 0.6 is 0 Å². The molecule has 0 aliphatic carbocycles. The third-order valence-corrected chi connectivity index (χ3v) is 5.74. The molecular formula is C26H23F4N3O2. The largest absolute Gasteiger partial charge is 0.416 e. The van der Waals surface area contributed by atoms with E-state index in [1.807, 2.05) is 6.92 Å². The van der Waals surface area contributed by atoms with Crippen molar-refractivity contribution in [2.75, 3.05) is 23.3 Å². The minimum Gasteiger partial charge on any atom is -0.320 e. The summed E-state index contributed by atoms with van der Waals surface area (Å²) in [6, 6.07) is 15.0. The van der Waals surface area contributed by atoms with Crippen molar-refractivity contribution in [2.24, 2.45) is 0 Å². The van der Waals surface area contributed by atoms with Gasteiger partial charge in [0.15, 0.2) is 0 Å². The highest BCUT2D eigenvalue weighted by Gasteiger charge is 2.31. The Kier molecular flexibility index (Phi) is 6.77. The molecule has 182 valence electrons. The third-order valence-electron chi connectivity index (χ3n) is 5.74. The number of rotatable bonds is 5. The number of urea groups is 1. The molecule has 0 saturated carbocycles. The molecule has 1 aliphatic rings. The predicted molar refractivity (Wildman–Crippen MR) is 125 cm³/mol. The lowest BCUT2D eigenvalue weighted by Gasteiger charge is -2.36. The molecule has 0 aromatic heterocycles. The van der Waals surface area contributed by atoms with Crippen LogP contribution in [0.25, 0.3) is 0 Å². The van der Waals surface area contributed by atoms with Crippen molar-refractivity contribution in [1.29, 1.82) is 0 Å². The van der Waals surface area contributed by atoms with E-state index < -0.39 is 17.6 Å². The molecule has 35 heavy (non-hydrogen) atoms. The van der Waals surface area contributed by atoms with Crippen molar-refractivity contribution in [1.82, 2.24) is 4.90 Å². The summed E-state index contributed by atoms with van der Waals surface area (Å²) in [5.74, 6) is -1.07. The van der Waals surface area contributed by atoms with Gasteiger partial charge in [0.1, 0.15) is 5.82 Å². The van der Waals surface area contributed by atoms with E-state index in [-0.39, 0.29) is 17.4 Å². The number of benzene rings is 3. The predicted octanol–water partition coefficient (Wildman–Crippen LogP) is 6.24. The van der Waals surface area contributed by atoms with Gasteiger partial charge >= 0.3 is 12.2 Å². The summed E-state index contributed by atoms with van der Waals surface area (Å²) in [6.07, 6.45) is -3.90. The van der Waals surface area contributed by atoms with Crippen LogP contribution in [0.4, 0.5) is 33.7 Å². The van der Waals surface area contributed by atoms with Crippen molar-refractivity contribution in [3.8, 4) is 0 Å². The van der Waals surface area contributed by atoms with Crippen molar-refractivity contribution in [3.05, 3.63) is 94.8 Å². The van der Waals surface area contributed by atoms with E-state index in [0.29, 0.717) is 37.4 Å². The van der Waals surface area contributed by atoms with Gasteiger partial charge in [-0.3, -0.25) is 9.69 Å². The van der Waals surface area contributed by atoms with Crippen molar-refractivity contribution >= 4 is 23.3 Å². The molecule has 5 nitrogen and oxygen atoms in total. The standard InChI is InChI=1S/C26H23F4N3O2/c1-17-6-11-23(22(14-17)31-24(34)19-4-2-5-20(15-19)26(28,29)30)33-13-3-12-32(25(33)35)16-18-7-9-21(27)10-8-18/h2,4-11,14-15H,3,12-13,16H2,1H3,(H,31,34). The molecular weight excluding hydrogens is 462 g/mol. The Morgan fingerprint density at radius 2 is 1.74 bits per heavy atom. The zero-order valence-corrected chi connectivity index (χ0v) is 18.9. The molecule has 1 saturated heterocycles. The minimum absolute atomic E-state index is 0.143. The summed E-state index contributed by atoms with van der Waals surface area (Å²) >= 11 is 0. The first kappa shape index (κ1) is 24.3. The number of nitrogens with one attached hydrogen (secondary N) is 1. The molecule has 1 aliphatic heterocycles. The Labute approximate surface area is 200 Å². The summed E-state index contributed by atoms with van der Waals surface area (Å²) in [6.45, 7) is 3.04. The van der Waals surface area contributed by atoms with E-state index in [1.165, 1.54) is 29.2 Å². The molecule has 0 bridgehead atoms. The van der Waals surface area contributed by atoms with Gasteiger partial charge in [-0.05, 0) is 66.9 Å². The Morgan fingerprint density at radius 1 is 1.00 bits per heavy atom. The molecule has 1 heterocycles. The molecule has 3 amide bonds. The van der Waals surface area contributed by atoms with E-state index in [2.05, 4.69) is 5.32 Å².